The highest BCUT2D eigenvalue weighted by Gasteiger charge is 2.23. The quantitative estimate of drug-likeness (QED) is 0.141. The third kappa shape index (κ3) is 8.29. The summed E-state index contributed by atoms with van der Waals surface area (Å²) in [5.74, 6) is 0.313. The molecular weight excluding hydrogens is 567 g/mol. The first-order chi connectivity index (χ1) is 20.4. The Bertz CT molecular complexity index is 1480. The van der Waals surface area contributed by atoms with Gasteiger partial charge in [-0.1, -0.05) is 67.6 Å². The normalized spacial score (nSPS) is 12.5. The number of carbonyl (C=O) groups excluding carboxylic acids is 1. The Morgan fingerprint density at radius 1 is 1.05 bits per heavy atom. The van der Waals surface area contributed by atoms with Gasteiger partial charge in [0.05, 0.1) is 11.5 Å². The Balaban J connectivity index is 1.59. The molecule has 1 amide bonds. The highest BCUT2D eigenvalue weighted by molar-refractivity contribution is 7.99. The lowest BCUT2D eigenvalue weighted by Gasteiger charge is -2.19. The van der Waals surface area contributed by atoms with Crippen LogP contribution in [0.15, 0.2) is 79.0 Å². The maximum atomic E-state index is 13.4. The predicted octanol–water partition coefficient (Wildman–Crippen LogP) is 6.59. The maximum absolute atomic E-state index is 13.4. The molecule has 0 aliphatic heterocycles. The molecule has 1 aromatic heterocycles. The van der Waals surface area contributed by atoms with Crippen molar-refractivity contribution in [3.05, 3.63) is 101 Å². The van der Waals surface area contributed by atoms with Crippen LogP contribution in [0, 0.1) is 6.92 Å². The molecule has 9 heteroatoms. The SMILES string of the molecule is CCSCC(OCc1ccc(C(=O)NC(CCNC)C(=O)O)c(-c2ccccc2C)c1)c1cnc(-c2ccccc2)s1. The first-order valence-electron chi connectivity index (χ1n) is 14.0. The van der Waals surface area contributed by atoms with Crippen LogP contribution in [0.3, 0.4) is 0 Å². The molecular formula is C33H37N3O4S2. The monoisotopic (exact) mass is 603 g/mol. The van der Waals surface area contributed by atoms with Crippen molar-refractivity contribution in [3.63, 3.8) is 0 Å². The lowest BCUT2D eigenvalue weighted by molar-refractivity contribution is -0.139. The number of nitrogens with zero attached hydrogens (tertiary/aromatic N) is 1. The molecule has 0 aliphatic carbocycles. The molecule has 0 bridgehead atoms. The molecule has 0 radical (unpaired) electrons. The largest absolute Gasteiger partial charge is 0.480 e. The van der Waals surface area contributed by atoms with Crippen LogP contribution in [0.25, 0.3) is 21.7 Å². The zero-order valence-corrected chi connectivity index (χ0v) is 25.8. The standard InChI is InChI=1S/C33H37N3O4S2/c1-4-41-21-29(30-19-35-32(42-30)24-11-6-5-7-12-24)40-20-23-14-15-26(27(18-23)25-13-9-8-10-22(25)2)31(37)36-28(33(38)39)16-17-34-3/h5-15,18-19,28-29,34H,4,16-17,20-21H2,1-3H3,(H,36,37)(H,38,39). The molecule has 0 saturated heterocycles. The van der Waals surface area contributed by atoms with Gasteiger partial charge in [-0.25, -0.2) is 9.78 Å². The number of aliphatic carboxylic acids is 1. The molecule has 220 valence electrons. The lowest BCUT2D eigenvalue weighted by Crippen LogP contribution is -2.42. The van der Waals surface area contributed by atoms with E-state index < -0.39 is 17.9 Å². The molecule has 3 aromatic carbocycles. The summed E-state index contributed by atoms with van der Waals surface area (Å²) < 4.78 is 6.49. The number of carboxylic acids is 1. The number of thiazole rings is 1. The molecule has 0 saturated carbocycles. The minimum atomic E-state index is -1.06. The van der Waals surface area contributed by atoms with Crippen LogP contribution in [0.4, 0.5) is 0 Å². The van der Waals surface area contributed by atoms with Gasteiger partial charge in [-0.05, 0) is 67.1 Å². The smallest absolute Gasteiger partial charge is 0.326 e. The van der Waals surface area contributed by atoms with Crippen molar-refractivity contribution in [1.29, 1.82) is 0 Å². The van der Waals surface area contributed by atoms with Crippen molar-refractivity contribution in [2.24, 2.45) is 0 Å². The molecule has 1 heterocycles. The van der Waals surface area contributed by atoms with E-state index in [-0.39, 0.29) is 12.5 Å². The van der Waals surface area contributed by atoms with Gasteiger partial charge in [0.2, 0.25) is 0 Å². The summed E-state index contributed by atoms with van der Waals surface area (Å²) in [7, 11) is 1.75. The Labute approximate surface area is 255 Å². The first kappa shape index (κ1) is 31.4. The van der Waals surface area contributed by atoms with E-state index in [1.807, 2.05) is 79.5 Å². The summed E-state index contributed by atoms with van der Waals surface area (Å²) >= 11 is 3.47. The number of carboxylic acid groups (broad SMARTS) is 1. The number of nitrogens with one attached hydrogen (secondary N) is 2. The Morgan fingerprint density at radius 2 is 1.81 bits per heavy atom. The summed E-state index contributed by atoms with van der Waals surface area (Å²) in [5, 5.41) is 16.3. The number of carbonyl (C=O) groups is 2. The minimum Gasteiger partial charge on any atom is -0.480 e. The number of hydrogen-bond donors (Lipinski definition) is 3. The Hall–Kier alpha value is -3.50. The first-order valence-corrected chi connectivity index (χ1v) is 16.0. The second-order valence-electron chi connectivity index (χ2n) is 9.84. The van der Waals surface area contributed by atoms with Crippen LogP contribution in [0.5, 0.6) is 0 Å². The summed E-state index contributed by atoms with van der Waals surface area (Å²) in [6, 6.07) is 22.6. The van der Waals surface area contributed by atoms with Gasteiger partial charge in [0.25, 0.3) is 5.91 Å². The van der Waals surface area contributed by atoms with E-state index >= 15 is 0 Å². The fourth-order valence-corrected chi connectivity index (χ4v) is 6.34. The Kier molecular flexibility index (Phi) is 11.7. The molecule has 4 rings (SSSR count). The van der Waals surface area contributed by atoms with Gasteiger partial charge in [-0.3, -0.25) is 4.79 Å². The van der Waals surface area contributed by atoms with Crippen LogP contribution >= 0.6 is 23.1 Å². The molecule has 2 atom stereocenters. The maximum Gasteiger partial charge on any atom is 0.326 e. The topological polar surface area (TPSA) is 101 Å². The van der Waals surface area contributed by atoms with E-state index in [0.717, 1.165) is 49.2 Å². The number of thioether (sulfide) groups is 1. The van der Waals surface area contributed by atoms with Gasteiger partial charge >= 0.3 is 5.97 Å². The summed E-state index contributed by atoms with van der Waals surface area (Å²) in [6.45, 7) is 4.96. The highest BCUT2D eigenvalue weighted by Crippen LogP contribution is 2.34. The van der Waals surface area contributed by atoms with Gasteiger partial charge in [0, 0.05) is 23.1 Å². The van der Waals surface area contributed by atoms with Crippen LogP contribution in [-0.2, 0) is 16.1 Å². The fourth-order valence-electron chi connectivity index (χ4n) is 4.54. The van der Waals surface area contributed by atoms with Crippen molar-refractivity contribution in [2.75, 3.05) is 25.1 Å². The van der Waals surface area contributed by atoms with Gasteiger partial charge < -0.3 is 20.5 Å². The van der Waals surface area contributed by atoms with Crippen molar-refractivity contribution in [3.8, 4) is 21.7 Å². The van der Waals surface area contributed by atoms with Gasteiger partial charge in [-0.15, -0.1) is 11.3 Å². The van der Waals surface area contributed by atoms with Gasteiger partial charge in [0.15, 0.2) is 0 Å². The number of amides is 1. The second-order valence-corrected chi connectivity index (χ2v) is 12.2. The van der Waals surface area contributed by atoms with Crippen LogP contribution in [-0.4, -0.2) is 53.1 Å². The number of aromatic nitrogens is 1. The summed E-state index contributed by atoms with van der Waals surface area (Å²) in [4.78, 5) is 30.9. The van der Waals surface area contributed by atoms with E-state index in [1.54, 1.807) is 24.5 Å². The molecule has 4 aromatic rings. The van der Waals surface area contributed by atoms with Crippen LogP contribution < -0.4 is 10.6 Å². The van der Waals surface area contributed by atoms with E-state index in [9.17, 15) is 14.7 Å². The van der Waals surface area contributed by atoms with Crippen molar-refractivity contribution < 1.29 is 19.4 Å². The lowest BCUT2D eigenvalue weighted by atomic mass is 9.93. The van der Waals surface area contributed by atoms with Gasteiger partial charge in [-0.2, -0.15) is 11.8 Å². The zero-order valence-electron chi connectivity index (χ0n) is 24.1. The predicted molar refractivity (Wildman–Crippen MR) is 172 cm³/mol. The molecule has 3 N–H and O–H groups in total. The molecule has 2 unspecified atom stereocenters. The summed E-state index contributed by atoms with van der Waals surface area (Å²) in [5.41, 5.74) is 5.12. The number of aryl methyl sites for hydroxylation is 1. The van der Waals surface area contributed by atoms with Crippen LogP contribution in [0.1, 0.15) is 45.8 Å². The van der Waals surface area contributed by atoms with Crippen LogP contribution in [0.2, 0.25) is 0 Å². The number of ether oxygens (including phenoxy) is 1. The number of benzene rings is 3. The number of hydrogen-bond acceptors (Lipinski definition) is 7. The average molecular weight is 604 g/mol. The fraction of sp³-hybridized carbons (Fsp3) is 0.303. The summed E-state index contributed by atoms with van der Waals surface area (Å²) in [6.07, 6.45) is 2.06. The highest BCUT2D eigenvalue weighted by atomic mass is 32.2. The zero-order chi connectivity index (χ0) is 29.9. The third-order valence-electron chi connectivity index (χ3n) is 6.84. The molecule has 42 heavy (non-hydrogen) atoms. The minimum absolute atomic E-state index is 0.127. The Morgan fingerprint density at radius 3 is 2.52 bits per heavy atom. The van der Waals surface area contributed by atoms with E-state index in [1.165, 1.54) is 0 Å². The van der Waals surface area contributed by atoms with Crippen molar-refractivity contribution in [2.45, 2.75) is 39.0 Å². The average Bonchev–Trinajstić information content (AvgIpc) is 3.50. The van der Waals surface area contributed by atoms with E-state index in [4.69, 9.17) is 4.74 Å². The van der Waals surface area contributed by atoms with Gasteiger partial charge in [0.1, 0.15) is 17.2 Å². The molecule has 0 aliphatic rings. The van der Waals surface area contributed by atoms with Crippen molar-refractivity contribution >= 4 is 35.0 Å². The van der Waals surface area contributed by atoms with Crippen molar-refractivity contribution in [1.82, 2.24) is 15.6 Å². The molecule has 0 fully saturated rings. The molecule has 7 nitrogen and oxygen atoms in total. The van der Waals surface area contributed by atoms with E-state index in [0.29, 0.717) is 18.7 Å². The third-order valence-corrected chi connectivity index (χ3v) is 8.92. The van der Waals surface area contributed by atoms with E-state index in [2.05, 4.69) is 34.7 Å². The molecule has 0 spiro atoms. The second kappa shape index (κ2) is 15.7. The number of rotatable bonds is 15.